The van der Waals surface area contributed by atoms with Crippen LogP contribution in [-0.2, 0) is 9.53 Å². The lowest BCUT2D eigenvalue weighted by atomic mass is 10.2. The quantitative estimate of drug-likeness (QED) is 0.766. The lowest BCUT2D eigenvalue weighted by molar-refractivity contribution is -0.114. The van der Waals surface area contributed by atoms with Crippen LogP contribution in [0.4, 0.5) is 22.0 Å². The SMILES string of the molecule is CC(=O)Nc1nccc(Oc2ccc(NC(=O)OC(C)(C)C)cc2)c1N. The summed E-state index contributed by atoms with van der Waals surface area (Å²) in [6.45, 7) is 6.73. The number of nitrogens with two attached hydrogens (primary N) is 1. The van der Waals surface area contributed by atoms with Crippen LogP contribution >= 0.6 is 0 Å². The molecule has 0 bridgehead atoms. The molecule has 0 saturated carbocycles. The van der Waals surface area contributed by atoms with Gasteiger partial charge in [-0.3, -0.25) is 10.1 Å². The Hall–Kier alpha value is -3.29. The first-order valence-corrected chi connectivity index (χ1v) is 7.94. The van der Waals surface area contributed by atoms with Crippen molar-refractivity contribution in [3.63, 3.8) is 0 Å². The van der Waals surface area contributed by atoms with E-state index in [2.05, 4.69) is 15.6 Å². The van der Waals surface area contributed by atoms with Gasteiger partial charge >= 0.3 is 6.09 Å². The number of benzene rings is 1. The van der Waals surface area contributed by atoms with Crippen molar-refractivity contribution in [3.8, 4) is 11.5 Å². The van der Waals surface area contributed by atoms with Crippen molar-refractivity contribution >= 4 is 29.2 Å². The first-order valence-electron chi connectivity index (χ1n) is 7.94. The average molecular weight is 358 g/mol. The summed E-state index contributed by atoms with van der Waals surface area (Å²) in [6, 6.07) is 8.28. The predicted molar refractivity (Wildman–Crippen MR) is 99.3 cm³/mol. The molecular formula is C18H22N4O4. The molecule has 0 fully saturated rings. The number of ether oxygens (including phenoxy) is 2. The predicted octanol–water partition coefficient (Wildman–Crippen LogP) is 3.76. The Bertz CT molecular complexity index is 798. The van der Waals surface area contributed by atoms with Crippen LogP contribution in [0.1, 0.15) is 27.7 Å². The summed E-state index contributed by atoms with van der Waals surface area (Å²) in [7, 11) is 0. The number of nitrogens with one attached hydrogen (secondary N) is 2. The van der Waals surface area contributed by atoms with E-state index in [1.165, 1.54) is 13.1 Å². The zero-order valence-electron chi connectivity index (χ0n) is 15.1. The summed E-state index contributed by atoms with van der Waals surface area (Å²) in [5.74, 6) is 0.820. The fourth-order valence-corrected chi connectivity index (χ4v) is 1.97. The fraction of sp³-hybridized carbons (Fsp3) is 0.278. The molecule has 0 spiro atoms. The number of rotatable bonds is 4. The number of amides is 2. The number of pyridine rings is 1. The largest absolute Gasteiger partial charge is 0.455 e. The molecule has 8 nitrogen and oxygen atoms in total. The van der Waals surface area contributed by atoms with Gasteiger partial charge in [-0.15, -0.1) is 0 Å². The normalized spacial score (nSPS) is 10.8. The van der Waals surface area contributed by atoms with Crippen LogP contribution in [-0.4, -0.2) is 22.6 Å². The summed E-state index contributed by atoms with van der Waals surface area (Å²) in [5.41, 5.74) is 6.17. The number of nitrogens with zero attached hydrogens (tertiary/aromatic N) is 1. The van der Waals surface area contributed by atoms with E-state index in [1.807, 2.05) is 0 Å². The number of hydrogen-bond donors (Lipinski definition) is 3. The number of aromatic nitrogens is 1. The molecule has 0 saturated heterocycles. The van der Waals surface area contributed by atoms with E-state index in [0.29, 0.717) is 17.2 Å². The molecule has 2 aromatic rings. The second kappa shape index (κ2) is 7.73. The molecule has 2 amide bonds. The minimum absolute atomic E-state index is 0.221. The molecule has 0 aliphatic carbocycles. The van der Waals surface area contributed by atoms with Gasteiger partial charge < -0.3 is 20.5 Å². The van der Waals surface area contributed by atoms with E-state index in [4.69, 9.17) is 15.2 Å². The molecule has 1 heterocycles. The van der Waals surface area contributed by atoms with Gasteiger partial charge in [-0.2, -0.15) is 0 Å². The van der Waals surface area contributed by atoms with Crippen molar-refractivity contribution < 1.29 is 19.1 Å². The summed E-state index contributed by atoms with van der Waals surface area (Å²) in [6.07, 6.45) is 0.944. The average Bonchev–Trinajstić information content (AvgIpc) is 2.51. The maximum absolute atomic E-state index is 11.8. The molecule has 8 heteroatoms. The molecule has 0 unspecified atom stereocenters. The zero-order valence-corrected chi connectivity index (χ0v) is 15.1. The van der Waals surface area contributed by atoms with E-state index < -0.39 is 11.7 Å². The number of carbonyl (C=O) groups excluding carboxylic acids is 2. The highest BCUT2D eigenvalue weighted by Gasteiger charge is 2.16. The Kier molecular flexibility index (Phi) is 5.66. The van der Waals surface area contributed by atoms with Crippen molar-refractivity contribution in [2.75, 3.05) is 16.4 Å². The van der Waals surface area contributed by atoms with E-state index in [0.717, 1.165) is 0 Å². The number of nitrogen functional groups attached to an aromatic ring is 1. The molecule has 26 heavy (non-hydrogen) atoms. The summed E-state index contributed by atoms with van der Waals surface area (Å²) in [4.78, 5) is 26.9. The van der Waals surface area contributed by atoms with E-state index in [1.54, 1.807) is 51.1 Å². The minimum atomic E-state index is -0.572. The van der Waals surface area contributed by atoms with Crippen LogP contribution < -0.4 is 21.1 Å². The van der Waals surface area contributed by atoms with Gasteiger partial charge in [0.2, 0.25) is 5.91 Å². The standard InChI is InChI=1S/C18H22N4O4/c1-11(23)21-16-15(19)14(9-10-20-16)25-13-7-5-12(6-8-13)22-17(24)26-18(2,3)4/h5-10H,19H2,1-4H3,(H,22,24)(H,20,21,23). The molecule has 4 N–H and O–H groups in total. The van der Waals surface area contributed by atoms with Crippen LogP contribution in [0, 0.1) is 0 Å². The van der Waals surface area contributed by atoms with Crippen molar-refractivity contribution in [2.45, 2.75) is 33.3 Å². The molecule has 1 aromatic heterocycles. The molecule has 138 valence electrons. The van der Waals surface area contributed by atoms with Crippen molar-refractivity contribution in [2.24, 2.45) is 0 Å². The highest BCUT2D eigenvalue weighted by Crippen LogP contribution is 2.31. The molecule has 0 aliphatic heterocycles. The highest BCUT2D eigenvalue weighted by atomic mass is 16.6. The molecule has 1 aromatic carbocycles. The van der Waals surface area contributed by atoms with Crippen molar-refractivity contribution in [3.05, 3.63) is 36.5 Å². The maximum atomic E-state index is 11.8. The topological polar surface area (TPSA) is 116 Å². The molecule has 2 rings (SSSR count). The summed E-state index contributed by atoms with van der Waals surface area (Å²) >= 11 is 0. The molecule has 0 atom stereocenters. The number of carbonyl (C=O) groups is 2. The van der Waals surface area contributed by atoms with Gasteiger partial charge in [-0.1, -0.05) is 0 Å². The van der Waals surface area contributed by atoms with Gasteiger partial charge in [0.1, 0.15) is 17.0 Å². The van der Waals surface area contributed by atoms with Gasteiger partial charge in [0.25, 0.3) is 0 Å². The lowest BCUT2D eigenvalue weighted by Gasteiger charge is -2.19. The third-order valence-electron chi connectivity index (χ3n) is 2.97. The Morgan fingerprint density at radius 1 is 1.08 bits per heavy atom. The summed E-state index contributed by atoms with van der Waals surface area (Å²) in [5, 5.41) is 5.16. The molecule has 0 radical (unpaired) electrons. The lowest BCUT2D eigenvalue weighted by Crippen LogP contribution is -2.27. The Morgan fingerprint density at radius 2 is 1.73 bits per heavy atom. The zero-order chi connectivity index (χ0) is 19.3. The van der Waals surface area contributed by atoms with E-state index in [-0.39, 0.29) is 17.4 Å². The molecular weight excluding hydrogens is 336 g/mol. The Balaban J connectivity index is 2.06. The van der Waals surface area contributed by atoms with Gasteiger partial charge in [-0.05, 0) is 45.0 Å². The minimum Gasteiger partial charge on any atom is -0.455 e. The van der Waals surface area contributed by atoms with E-state index >= 15 is 0 Å². The van der Waals surface area contributed by atoms with Gasteiger partial charge in [0.15, 0.2) is 11.6 Å². The highest BCUT2D eigenvalue weighted by molar-refractivity contribution is 5.91. The van der Waals surface area contributed by atoms with Crippen LogP contribution in [0.25, 0.3) is 0 Å². The summed E-state index contributed by atoms with van der Waals surface area (Å²) < 4.78 is 10.9. The van der Waals surface area contributed by atoms with Crippen LogP contribution in [0.5, 0.6) is 11.5 Å². The van der Waals surface area contributed by atoms with Gasteiger partial charge in [0, 0.05) is 24.9 Å². The number of hydrogen-bond acceptors (Lipinski definition) is 6. The third-order valence-corrected chi connectivity index (χ3v) is 2.97. The fourth-order valence-electron chi connectivity index (χ4n) is 1.97. The monoisotopic (exact) mass is 358 g/mol. The van der Waals surface area contributed by atoms with Crippen LogP contribution in [0.2, 0.25) is 0 Å². The number of anilines is 3. The second-order valence-electron chi connectivity index (χ2n) is 6.51. The Labute approximate surface area is 151 Å². The third kappa shape index (κ3) is 5.66. The smallest absolute Gasteiger partial charge is 0.412 e. The first-order chi connectivity index (χ1) is 12.1. The van der Waals surface area contributed by atoms with E-state index in [9.17, 15) is 9.59 Å². The van der Waals surface area contributed by atoms with Crippen LogP contribution in [0.15, 0.2) is 36.5 Å². The Morgan fingerprint density at radius 3 is 2.31 bits per heavy atom. The second-order valence-corrected chi connectivity index (χ2v) is 6.51. The van der Waals surface area contributed by atoms with Crippen molar-refractivity contribution in [1.29, 1.82) is 0 Å². The molecule has 0 aliphatic rings. The first kappa shape index (κ1) is 19.0. The van der Waals surface area contributed by atoms with Crippen LogP contribution in [0.3, 0.4) is 0 Å². The van der Waals surface area contributed by atoms with Crippen molar-refractivity contribution in [1.82, 2.24) is 4.98 Å². The van der Waals surface area contributed by atoms with Gasteiger partial charge in [0.05, 0.1) is 0 Å². The van der Waals surface area contributed by atoms with Gasteiger partial charge in [-0.25, -0.2) is 9.78 Å². The maximum Gasteiger partial charge on any atom is 0.412 e.